The van der Waals surface area contributed by atoms with Crippen molar-refractivity contribution in [3.8, 4) is 5.88 Å². The first-order valence-electron chi connectivity index (χ1n) is 10.6. The number of fused-ring (bicyclic) bond motifs is 1. The highest BCUT2D eigenvalue weighted by molar-refractivity contribution is 8.01. The second kappa shape index (κ2) is 10.9. The molecule has 0 aromatic carbocycles. The number of hydrogen-bond donors (Lipinski definition) is 1. The van der Waals surface area contributed by atoms with Crippen molar-refractivity contribution in [1.29, 1.82) is 0 Å². The molecular formula is C23H27N3O3S2. The molecule has 0 radical (unpaired) electrons. The molecule has 3 aromatic heterocycles. The Hall–Kier alpha value is -2.16. The van der Waals surface area contributed by atoms with Gasteiger partial charge in [-0.15, -0.1) is 23.1 Å². The van der Waals surface area contributed by atoms with Crippen LogP contribution in [0.15, 0.2) is 46.1 Å². The minimum absolute atomic E-state index is 0.343. The van der Waals surface area contributed by atoms with E-state index in [9.17, 15) is 4.79 Å². The monoisotopic (exact) mass is 457 g/mol. The summed E-state index contributed by atoms with van der Waals surface area (Å²) in [5.74, 6) is 1.67. The maximum Gasteiger partial charge on any atom is 0.339 e. The average Bonchev–Trinajstić information content (AvgIpc) is 3.34. The summed E-state index contributed by atoms with van der Waals surface area (Å²) in [6, 6.07) is 10.1. The molecule has 1 saturated carbocycles. The van der Waals surface area contributed by atoms with Gasteiger partial charge in [-0.05, 0) is 55.2 Å². The third-order valence-electron chi connectivity index (χ3n) is 5.53. The van der Waals surface area contributed by atoms with Gasteiger partial charge in [0.1, 0.15) is 0 Å². The summed E-state index contributed by atoms with van der Waals surface area (Å²) in [6.07, 6.45) is 5.98. The largest absolute Gasteiger partial charge is 0.481 e. The Balaban J connectivity index is 1.18. The van der Waals surface area contributed by atoms with E-state index >= 15 is 0 Å². The summed E-state index contributed by atoms with van der Waals surface area (Å²) in [5, 5.41) is 5.79. The van der Waals surface area contributed by atoms with E-state index in [-0.39, 0.29) is 5.97 Å². The first-order valence-corrected chi connectivity index (χ1v) is 12.5. The van der Waals surface area contributed by atoms with Gasteiger partial charge in [0.05, 0.1) is 34.5 Å². The number of rotatable bonds is 9. The molecule has 0 saturated heterocycles. The smallest absolute Gasteiger partial charge is 0.339 e. The first-order chi connectivity index (χ1) is 15.2. The van der Waals surface area contributed by atoms with E-state index in [0.717, 1.165) is 43.5 Å². The van der Waals surface area contributed by atoms with Gasteiger partial charge in [-0.3, -0.25) is 4.98 Å². The minimum Gasteiger partial charge on any atom is -0.481 e. The van der Waals surface area contributed by atoms with Gasteiger partial charge in [0.15, 0.2) is 0 Å². The molecule has 3 aromatic rings. The summed E-state index contributed by atoms with van der Waals surface area (Å²) in [4.78, 5) is 21.1. The molecule has 164 valence electrons. The van der Waals surface area contributed by atoms with Crippen molar-refractivity contribution in [3.05, 3.63) is 47.5 Å². The molecule has 8 heteroatoms. The van der Waals surface area contributed by atoms with Crippen molar-refractivity contribution in [2.24, 2.45) is 5.92 Å². The van der Waals surface area contributed by atoms with Crippen LogP contribution in [0.3, 0.4) is 0 Å². The zero-order valence-corrected chi connectivity index (χ0v) is 19.2. The summed E-state index contributed by atoms with van der Waals surface area (Å²) in [5.41, 5.74) is 1.77. The molecule has 0 amide bonds. The molecule has 0 aliphatic heterocycles. The van der Waals surface area contributed by atoms with Crippen LogP contribution in [0.4, 0.5) is 0 Å². The van der Waals surface area contributed by atoms with Crippen LogP contribution in [0.5, 0.6) is 5.88 Å². The highest BCUT2D eigenvalue weighted by Gasteiger charge is 2.22. The lowest BCUT2D eigenvalue weighted by atomic mass is 9.86. The third kappa shape index (κ3) is 6.18. The van der Waals surface area contributed by atoms with Crippen molar-refractivity contribution >= 4 is 40.1 Å². The molecule has 3 heterocycles. The zero-order valence-electron chi connectivity index (χ0n) is 17.6. The highest BCUT2D eigenvalue weighted by Crippen LogP contribution is 2.26. The van der Waals surface area contributed by atoms with Crippen molar-refractivity contribution in [3.63, 3.8) is 0 Å². The number of carbonyl (C=O) groups excluding carboxylic acids is 1. The zero-order chi connectivity index (χ0) is 21.5. The van der Waals surface area contributed by atoms with Gasteiger partial charge < -0.3 is 14.8 Å². The van der Waals surface area contributed by atoms with Crippen LogP contribution in [0.25, 0.3) is 11.0 Å². The van der Waals surface area contributed by atoms with Crippen molar-refractivity contribution in [1.82, 2.24) is 15.3 Å². The van der Waals surface area contributed by atoms with E-state index in [4.69, 9.17) is 9.47 Å². The van der Waals surface area contributed by atoms with Crippen molar-refractivity contribution < 1.29 is 14.3 Å². The van der Waals surface area contributed by atoms with E-state index in [1.54, 1.807) is 36.8 Å². The predicted molar refractivity (Wildman–Crippen MR) is 125 cm³/mol. The molecule has 31 heavy (non-hydrogen) atoms. The Labute approximate surface area is 190 Å². The molecule has 0 bridgehead atoms. The van der Waals surface area contributed by atoms with E-state index in [0.29, 0.717) is 35.5 Å². The van der Waals surface area contributed by atoms with Gasteiger partial charge in [-0.2, -0.15) is 0 Å². The lowest BCUT2D eigenvalue weighted by Gasteiger charge is -2.28. The second-order valence-electron chi connectivity index (χ2n) is 7.67. The first kappa shape index (κ1) is 22.0. The standard InChI is InChI=1S/C23H27N3O3S2/c1-28-21-9-8-19-20(26-21)13-17(14-25-19)23(27)29-15-16-4-6-18(7-5-16)24-10-12-31-22-3-2-11-30-22/h2-3,8-9,11,13-14,16,18,24H,4-7,10,12,15H2,1H3. The number of thiophene rings is 1. The molecular weight excluding hydrogens is 430 g/mol. The van der Waals surface area contributed by atoms with Gasteiger partial charge >= 0.3 is 5.97 Å². The van der Waals surface area contributed by atoms with Gasteiger partial charge in [0, 0.05) is 30.6 Å². The van der Waals surface area contributed by atoms with Gasteiger partial charge in [0.25, 0.3) is 0 Å². The van der Waals surface area contributed by atoms with Crippen molar-refractivity contribution in [2.75, 3.05) is 26.0 Å². The third-order valence-corrected chi connectivity index (χ3v) is 7.66. The number of thioether (sulfide) groups is 1. The lowest BCUT2D eigenvalue weighted by molar-refractivity contribution is 0.0402. The fourth-order valence-electron chi connectivity index (χ4n) is 3.78. The van der Waals surface area contributed by atoms with Crippen LogP contribution in [0.2, 0.25) is 0 Å². The van der Waals surface area contributed by atoms with Crippen LogP contribution in [-0.4, -0.2) is 48.0 Å². The number of ether oxygens (including phenoxy) is 2. The molecule has 0 spiro atoms. The predicted octanol–water partition coefficient (Wildman–Crippen LogP) is 4.80. The summed E-state index contributed by atoms with van der Waals surface area (Å²) >= 11 is 3.71. The minimum atomic E-state index is -0.343. The summed E-state index contributed by atoms with van der Waals surface area (Å²) in [7, 11) is 1.56. The van der Waals surface area contributed by atoms with E-state index in [1.165, 1.54) is 4.21 Å². The SMILES string of the molecule is COc1ccc2ncc(C(=O)OCC3CCC(NCCSc4cccs4)CC3)cc2n1. The molecule has 0 unspecified atom stereocenters. The molecule has 0 atom stereocenters. The van der Waals surface area contributed by atoms with E-state index in [1.807, 2.05) is 17.8 Å². The Morgan fingerprint density at radius 1 is 1.23 bits per heavy atom. The van der Waals surface area contributed by atoms with Crippen LogP contribution in [-0.2, 0) is 4.74 Å². The number of aromatic nitrogens is 2. The van der Waals surface area contributed by atoms with Gasteiger partial charge in [-0.25, -0.2) is 9.78 Å². The van der Waals surface area contributed by atoms with Crippen LogP contribution < -0.4 is 10.1 Å². The Kier molecular flexibility index (Phi) is 7.77. The van der Waals surface area contributed by atoms with E-state index < -0.39 is 0 Å². The van der Waals surface area contributed by atoms with Gasteiger partial charge in [0.2, 0.25) is 5.88 Å². The Bertz CT molecular complexity index is 989. The van der Waals surface area contributed by atoms with Crippen LogP contribution >= 0.6 is 23.1 Å². The van der Waals surface area contributed by atoms with Crippen molar-refractivity contribution in [2.45, 2.75) is 35.9 Å². The maximum atomic E-state index is 12.5. The van der Waals surface area contributed by atoms with E-state index in [2.05, 4.69) is 32.8 Å². The number of esters is 1. The molecule has 1 aliphatic carbocycles. The molecule has 6 nitrogen and oxygen atoms in total. The summed E-state index contributed by atoms with van der Waals surface area (Å²) < 4.78 is 12.1. The lowest BCUT2D eigenvalue weighted by Crippen LogP contribution is -2.35. The Morgan fingerprint density at radius 3 is 2.87 bits per heavy atom. The number of methoxy groups -OCH3 is 1. The quantitative estimate of drug-likeness (QED) is 0.281. The van der Waals surface area contributed by atoms with Gasteiger partial charge in [-0.1, -0.05) is 6.07 Å². The number of nitrogens with zero attached hydrogens (tertiary/aromatic N) is 2. The fraction of sp³-hybridized carbons (Fsp3) is 0.435. The fourth-order valence-corrected chi connectivity index (χ4v) is 5.52. The normalized spacial score (nSPS) is 18.7. The number of pyridine rings is 2. The number of carbonyl (C=O) groups is 1. The average molecular weight is 458 g/mol. The topological polar surface area (TPSA) is 73.3 Å². The van der Waals surface area contributed by atoms with Crippen LogP contribution in [0.1, 0.15) is 36.0 Å². The Morgan fingerprint density at radius 2 is 2.10 bits per heavy atom. The second-order valence-corrected chi connectivity index (χ2v) is 10.0. The molecule has 1 N–H and O–H groups in total. The highest BCUT2D eigenvalue weighted by atomic mass is 32.2. The molecule has 4 rings (SSSR count). The molecule has 1 aliphatic rings. The number of nitrogens with one attached hydrogen (secondary N) is 1. The summed E-state index contributed by atoms with van der Waals surface area (Å²) in [6.45, 7) is 1.49. The van der Waals surface area contributed by atoms with Crippen LogP contribution in [0, 0.1) is 5.92 Å². The molecule has 1 fully saturated rings. The maximum absolute atomic E-state index is 12.5. The number of hydrogen-bond acceptors (Lipinski definition) is 8.